The van der Waals surface area contributed by atoms with E-state index in [9.17, 15) is 22.4 Å². The summed E-state index contributed by atoms with van der Waals surface area (Å²) in [6.45, 7) is 3.20. The second kappa shape index (κ2) is 4.73. The molecule has 1 N–H and O–H groups in total. The van der Waals surface area contributed by atoms with Gasteiger partial charge in [0.25, 0.3) is 0 Å². The fourth-order valence-electron chi connectivity index (χ4n) is 1.11. The Morgan fingerprint density at radius 3 is 2.35 bits per heavy atom. The molecule has 1 aromatic carbocycles. The summed E-state index contributed by atoms with van der Waals surface area (Å²) in [5, 5.41) is 2.28. The van der Waals surface area contributed by atoms with E-state index in [-0.39, 0.29) is 11.6 Å². The number of benzene rings is 1. The number of amides is 1. The molecule has 0 atom stereocenters. The summed E-state index contributed by atoms with van der Waals surface area (Å²) in [6, 6.07) is 2.35. The molecule has 1 aromatic rings. The molecule has 0 saturated carbocycles. The highest BCUT2D eigenvalue weighted by Gasteiger charge is 2.34. The van der Waals surface area contributed by atoms with Gasteiger partial charge in [-0.2, -0.15) is 13.2 Å². The number of carbonyl (C=O) groups is 1. The minimum Gasteiger partial charge on any atom is -0.326 e. The van der Waals surface area contributed by atoms with Gasteiger partial charge in [-0.05, 0) is 18.2 Å². The van der Waals surface area contributed by atoms with Crippen LogP contribution in [0.4, 0.5) is 23.2 Å². The molecule has 0 aliphatic rings. The maximum atomic E-state index is 12.9. The van der Waals surface area contributed by atoms with Crippen molar-refractivity contribution >= 4 is 11.6 Å². The maximum absolute atomic E-state index is 12.9. The minimum atomic E-state index is -4.78. The largest absolute Gasteiger partial charge is 0.419 e. The zero-order chi connectivity index (χ0) is 13.2. The van der Waals surface area contributed by atoms with Gasteiger partial charge in [-0.25, -0.2) is 4.39 Å². The Kier molecular flexibility index (Phi) is 3.75. The highest BCUT2D eigenvalue weighted by Crippen LogP contribution is 2.33. The molecule has 0 bridgehead atoms. The third kappa shape index (κ3) is 3.44. The topological polar surface area (TPSA) is 29.1 Å². The van der Waals surface area contributed by atoms with Crippen molar-refractivity contribution in [2.24, 2.45) is 5.92 Å². The number of hydrogen-bond donors (Lipinski definition) is 1. The van der Waals surface area contributed by atoms with Crippen LogP contribution < -0.4 is 5.32 Å². The second-order valence-electron chi connectivity index (χ2n) is 3.84. The highest BCUT2D eigenvalue weighted by molar-refractivity contribution is 5.92. The van der Waals surface area contributed by atoms with Crippen molar-refractivity contribution < 1.29 is 22.4 Å². The van der Waals surface area contributed by atoms with Crippen LogP contribution in [0.2, 0.25) is 0 Å². The summed E-state index contributed by atoms with van der Waals surface area (Å²) in [5.74, 6) is -2.15. The third-order valence-corrected chi connectivity index (χ3v) is 2.06. The molecule has 1 amide bonds. The van der Waals surface area contributed by atoms with Crippen LogP contribution >= 0.6 is 0 Å². The number of rotatable bonds is 2. The molecule has 0 radical (unpaired) electrons. The van der Waals surface area contributed by atoms with E-state index in [1.54, 1.807) is 13.8 Å². The summed E-state index contributed by atoms with van der Waals surface area (Å²) in [6.07, 6.45) is -4.78. The summed E-state index contributed by atoms with van der Waals surface area (Å²) >= 11 is 0. The van der Waals surface area contributed by atoms with Crippen LogP contribution in [0.3, 0.4) is 0 Å². The Bertz CT molecular complexity index is 426. The Balaban J connectivity index is 3.01. The van der Waals surface area contributed by atoms with Crippen molar-refractivity contribution in [2.45, 2.75) is 20.0 Å². The number of hydrogen-bond acceptors (Lipinski definition) is 1. The van der Waals surface area contributed by atoms with Gasteiger partial charge in [0, 0.05) is 11.6 Å². The smallest absolute Gasteiger partial charge is 0.326 e. The van der Waals surface area contributed by atoms with E-state index in [1.165, 1.54) is 0 Å². The lowest BCUT2D eigenvalue weighted by Crippen LogP contribution is -2.18. The van der Waals surface area contributed by atoms with Crippen molar-refractivity contribution in [2.75, 3.05) is 5.32 Å². The number of halogens is 4. The van der Waals surface area contributed by atoms with Gasteiger partial charge >= 0.3 is 6.18 Å². The molecule has 0 saturated heterocycles. The van der Waals surface area contributed by atoms with Crippen molar-refractivity contribution in [3.8, 4) is 0 Å². The van der Waals surface area contributed by atoms with Crippen molar-refractivity contribution in [1.82, 2.24) is 0 Å². The Morgan fingerprint density at radius 1 is 1.29 bits per heavy atom. The first kappa shape index (κ1) is 13.5. The lowest BCUT2D eigenvalue weighted by molar-refractivity contribution is -0.140. The van der Waals surface area contributed by atoms with Gasteiger partial charge in [-0.1, -0.05) is 13.8 Å². The van der Waals surface area contributed by atoms with E-state index in [1.807, 2.05) is 0 Å². The first-order chi connectivity index (χ1) is 7.71. The van der Waals surface area contributed by atoms with Gasteiger partial charge in [0.15, 0.2) is 0 Å². The van der Waals surface area contributed by atoms with Crippen molar-refractivity contribution in [3.63, 3.8) is 0 Å². The lowest BCUT2D eigenvalue weighted by Gasteiger charge is -2.12. The van der Waals surface area contributed by atoms with Crippen LogP contribution in [0.1, 0.15) is 19.4 Å². The molecule has 0 spiro atoms. The van der Waals surface area contributed by atoms with Gasteiger partial charge in [0.2, 0.25) is 5.91 Å². The molecule has 0 fully saturated rings. The summed E-state index contributed by atoms with van der Waals surface area (Å²) in [4.78, 5) is 11.3. The molecule has 94 valence electrons. The summed E-state index contributed by atoms with van der Waals surface area (Å²) in [5.41, 5.74) is -1.46. The number of nitrogens with one attached hydrogen (secondary N) is 1. The average Bonchev–Trinajstić information content (AvgIpc) is 2.19. The molecule has 0 aromatic heterocycles. The van der Waals surface area contributed by atoms with E-state index in [0.717, 1.165) is 6.07 Å². The Hall–Kier alpha value is -1.59. The Morgan fingerprint density at radius 2 is 1.88 bits per heavy atom. The van der Waals surface area contributed by atoms with E-state index in [0.29, 0.717) is 12.1 Å². The SMILES string of the molecule is CC(C)C(=O)Nc1ccc(F)c(C(F)(F)F)c1. The van der Waals surface area contributed by atoms with Crippen LogP contribution in [-0.4, -0.2) is 5.91 Å². The van der Waals surface area contributed by atoms with Crippen LogP contribution in [0.5, 0.6) is 0 Å². The van der Waals surface area contributed by atoms with E-state index < -0.39 is 23.5 Å². The molecule has 0 aliphatic heterocycles. The van der Waals surface area contributed by atoms with Gasteiger partial charge in [-0.3, -0.25) is 4.79 Å². The molecule has 2 nitrogen and oxygen atoms in total. The molecule has 0 heterocycles. The highest BCUT2D eigenvalue weighted by atomic mass is 19.4. The third-order valence-electron chi connectivity index (χ3n) is 2.06. The second-order valence-corrected chi connectivity index (χ2v) is 3.84. The summed E-state index contributed by atoms with van der Waals surface area (Å²) < 4.78 is 50.0. The summed E-state index contributed by atoms with van der Waals surface area (Å²) in [7, 11) is 0. The maximum Gasteiger partial charge on any atom is 0.419 e. The van der Waals surface area contributed by atoms with E-state index in [4.69, 9.17) is 0 Å². The minimum absolute atomic E-state index is 0.0718. The molecule has 6 heteroatoms. The normalized spacial score (nSPS) is 11.7. The van der Waals surface area contributed by atoms with Crippen LogP contribution in [0.25, 0.3) is 0 Å². The van der Waals surface area contributed by atoms with Crippen molar-refractivity contribution in [3.05, 3.63) is 29.6 Å². The zero-order valence-corrected chi connectivity index (χ0v) is 9.23. The van der Waals surface area contributed by atoms with Crippen LogP contribution in [0, 0.1) is 11.7 Å². The predicted octanol–water partition coefficient (Wildman–Crippen LogP) is 3.44. The fourth-order valence-corrected chi connectivity index (χ4v) is 1.11. The van der Waals surface area contributed by atoms with Crippen molar-refractivity contribution in [1.29, 1.82) is 0 Å². The monoisotopic (exact) mass is 249 g/mol. The van der Waals surface area contributed by atoms with Crippen LogP contribution in [0.15, 0.2) is 18.2 Å². The molecular weight excluding hydrogens is 238 g/mol. The molecule has 17 heavy (non-hydrogen) atoms. The zero-order valence-electron chi connectivity index (χ0n) is 9.23. The molecule has 1 rings (SSSR count). The first-order valence-corrected chi connectivity index (χ1v) is 4.89. The van der Waals surface area contributed by atoms with Gasteiger partial charge in [0.05, 0.1) is 5.56 Å². The quantitative estimate of drug-likeness (QED) is 0.799. The number of alkyl halides is 3. The number of anilines is 1. The molecular formula is C11H11F4NO. The lowest BCUT2D eigenvalue weighted by atomic mass is 10.1. The Labute approximate surface area is 95.6 Å². The van der Waals surface area contributed by atoms with Gasteiger partial charge in [-0.15, -0.1) is 0 Å². The predicted molar refractivity (Wildman–Crippen MR) is 54.9 cm³/mol. The molecule has 0 aliphatic carbocycles. The average molecular weight is 249 g/mol. The van der Waals surface area contributed by atoms with Gasteiger partial charge < -0.3 is 5.32 Å². The molecule has 0 unspecified atom stereocenters. The van der Waals surface area contributed by atoms with E-state index >= 15 is 0 Å². The van der Waals surface area contributed by atoms with Crippen LogP contribution in [-0.2, 0) is 11.0 Å². The first-order valence-electron chi connectivity index (χ1n) is 4.89. The standard InChI is InChI=1S/C11H11F4NO/c1-6(2)10(17)16-7-3-4-9(12)8(5-7)11(13,14)15/h3-6H,1-2H3,(H,16,17). The fraction of sp³-hybridized carbons (Fsp3) is 0.364. The van der Waals surface area contributed by atoms with E-state index in [2.05, 4.69) is 5.32 Å². The number of carbonyl (C=O) groups excluding carboxylic acids is 1. The van der Waals surface area contributed by atoms with Gasteiger partial charge in [0.1, 0.15) is 5.82 Å².